The predicted molar refractivity (Wildman–Crippen MR) is 71.8 cm³/mol. The minimum Gasteiger partial charge on any atom is -0.381 e. The summed E-state index contributed by atoms with van der Waals surface area (Å²) in [5.74, 6) is 1.59. The molecule has 0 amide bonds. The molecule has 0 fully saturated rings. The number of hydrogen-bond donors (Lipinski definition) is 0. The van der Waals surface area contributed by atoms with E-state index < -0.39 is 0 Å². The van der Waals surface area contributed by atoms with Gasteiger partial charge in [-0.25, -0.2) is 0 Å². The van der Waals surface area contributed by atoms with E-state index >= 15 is 0 Å². The Labute approximate surface area is 102 Å². The third kappa shape index (κ3) is 12.0. The molecule has 1 atom stereocenters. The number of rotatable bonds is 10. The lowest BCUT2D eigenvalue weighted by Gasteiger charge is -2.15. The highest BCUT2D eigenvalue weighted by molar-refractivity contribution is 4.55. The fraction of sp³-hybridized carbons (Fsp3) is 1.00. The largest absolute Gasteiger partial charge is 0.381 e. The van der Waals surface area contributed by atoms with Crippen molar-refractivity contribution in [2.75, 3.05) is 33.9 Å². The number of hydrogen-bond acceptors (Lipinski definition) is 2. The van der Waals surface area contributed by atoms with Crippen LogP contribution in [-0.2, 0) is 4.74 Å². The molecule has 0 aliphatic rings. The molecule has 0 aliphatic heterocycles. The maximum absolute atomic E-state index is 5.65. The first-order valence-corrected chi connectivity index (χ1v) is 6.74. The highest BCUT2D eigenvalue weighted by Gasteiger charge is 2.02. The van der Waals surface area contributed by atoms with E-state index in [1.165, 1.54) is 32.2 Å². The van der Waals surface area contributed by atoms with Crippen molar-refractivity contribution in [3.8, 4) is 0 Å². The van der Waals surface area contributed by atoms with Gasteiger partial charge in [0.05, 0.1) is 0 Å². The molecule has 0 heterocycles. The van der Waals surface area contributed by atoms with Crippen LogP contribution in [0.5, 0.6) is 0 Å². The van der Waals surface area contributed by atoms with Crippen LogP contribution >= 0.6 is 0 Å². The smallest absolute Gasteiger partial charge is 0.0468 e. The Balaban J connectivity index is 3.18. The van der Waals surface area contributed by atoms with Crippen LogP contribution in [0.4, 0.5) is 0 Å². The quantitative estimate of drug-likeness (QED) is 0.532. The van der Waals surface area contributed by atoms with Crippen LogP contribution < -0.4 is 0 Å². The van der Waals surface area contributed by atoms with Crippen molar-refractivity contribution < 1.29 is 4.74 Å². The fourth-order valence-corrected chi connectivity index (χ4v) is 1.60. The van der Waals surface area contributed by atoms with Gasteiger partial charge in [0.15, 0.2) is 0 Å². The van der Waals surface area contributed by atoms with Gasteiger partial charge in [-0.15, -0.1) is 0 Å². The van der Waals surface area contributed by atoms with Crippen molar-refractivity contribution in [2.45, 2.75) is 46.5 Å². The van der Waals surface area contributed by atoms with E-state index in [-0.39, 0.29) is 0 Å². The molecule has 0 aromatic heterocycles. The van der Waals surface area contributed by atoms with Crippen molar-refractivity contribution in [2.24, 2.45) is 11.8 Å². The molecule has 0 rings (SSSR count). The molecular weight excluding hydrogens is 198 g/mol. The second kappa shape index (κ2) is 10.1. The Bertz CT molecular complexity index is 146. The molecule has 1 unspecified atom stereocenters. The standard InChI is InChI=1S/C14H31NO/c1-13(2)7-6-11-16-12-9-14(3)8-10-15(4)5/h13-14H,6-12H2,1-5H3. The van der Waals surface area contributed by atoms with E-state index in [0.29, 0.717) is 0 Å². The summed E-state index contributed by atoms with van der Waals surface area (Å²) in [6.07, 6.45) is 4.98. The molecular formula is C14H31NO. The van der Waals surface area contributed by atoms with Gasteiger partial charge in [-0.1, -0.05) is 20.8 Å². The van der Waals surface area contributed by atoms with Crippen LogP contribution in [0.25, 0.3) is 0 Å². The van der Waals surface area contributed by atoms with E-state index in [0.717, 1.165) is 25.0 Å². The Morgan fingerprint density at radius 3 is 2.19 bits per heavy atom. The van der Waals surface area contributed by atoms with E-state index in [2.05, 4.69) is 39.8 Å². The lowest BCUT2D eigenvalue weighted by Crippen LogP contribution is -2.16. The van der Waals surface area contributed by atoms with Crippen LogP contribution in [0.2, 0.25) is 0 Å². The fourth-order valence-electron chi connectivity index (χ4n) is 1.60. The maximum atomic E-state index is 5.65. The average molecular weight is 229 g/mol. The van der Waals surface area contributed by atoms with Crippen LogP contribution in [0.15, 0.2) is 0 Å². The van der Waals surface area contributed by atoms with Gasteiger partial charge in [0, 0.05) is 13.2 Å². The molecule has 2 heteroatoms. The van der Waals surface area contributed by atoms with Crippen molar-refractivity contribution in [3.05, 3.63) is 0 Å². The zero-order valence-corrected chi connectivity index (χ0v) is 12.0. The SMILES string of the molecule is CC(C)CCCOCCC(C)CCN(C)C. The molecule has 0 aliphatic carbocycles. The normalized spacial score (nSPS) is 13.7. The zero-order chi connectivity index (χ0) is 12.4. The zero-order valence-electron chi connectivity index (χ0n) is 12.0. The Morgan fingerprint density at radius 2 is 1.62 bits per heavy atom. The molecule has 16 heavy (non-hydrogen) atoms. The van der Waals surface area contributed by atoms with Crippen LogP contribution in [-0.4, -0.2) is 38.8 Å². The first kappa shape index (κ1) is 15.9. The van der Waals surface area contributed by atoms with Gasteiger partial charge in [0.2, 0.25) is 0 Å². The third-order valence-corrected chi connectivity index (χ3v) is 2.89. The molecule has 0 N–H and O–H groups in total. The molecule has 0 radical (unpaired) electrons. The van der Waals surface area contributed by atoms with E-state index in [9.17, 15) is 0 Å². The average Bonchev–Trinajstić information content (AvgIpc) is 2.19. The summed E-state index contributed by atoms with van der Waals surface area (Å²) in [6, 6.07) is 0. The van der Waals surface area contributed by atoms with E-state index in [1.54, 1.807) is 0 Å². The predicted octanol–water partition coefficient (Wildman–Crippen LogP) is 3.42. The van der Waals surface area contributed by atoms with Crippen LogP contribution in [0, 0.1) is 11.8 Å². The van der Waals surface area contributed by atoms with Crippen molar-refractivity contribution in [3.63, 3.8) is 0 Å². The molecule has 0 aromatic carbocycles. The van der Waals surface area contributed by atoms with Crippen molar-refractivity contribution in [1.29, 1.82) is 0 Å². The molecule has 98 valence electrons. The summed E-state index contributed by atoms with van der Waals surface area (Å²) < 4.78 is 5.65. The minimum absolute atomic E-state index is 0.785. The molecule has 0 aromatic rings. The number of ether oxygens (including phenoxy) is 1. The third-order valence-electron chi connectivity index (χ3n) is 2.89. The molecule has 0 bridgehead atoms. The highest BCUT2D eigenvalue weighted by atomic mass is 16.5. The lowest BCUT2D eigenvalue weighted by molar-refractivity contribution is 0.114. The molecule has 0 spiro atoms. The summed E-state index contributed by atoms with van der Waals surface area (Å²) >= 11 is 0. The summed E-state index contributed by atoms with van der Waals surface area (Å²) in [6.45, 7) is 9.92. The summed E-state index contributed by atoms with van der Waals surface area (Å²) in [5, 5.41) is 0. The van der Waals surface area contributed by atoms with Crippen molar-refractivity contribution >= 4 is 0 Å². The van der Waals surface area contributed by atoms with Gasteiger partial charge in [-0.05, 0) is 58.2 Å². The summed E-state index contributed by atoms with van der Waals surface area (Å²) in [5.41, 5.74) is 0. The van der Waals surface area contributed by atoms with Gasteiger partial charge < -0.3 is 9.64 Å². The topological polar surface area (TPSA) is 12.5 Å². The van der Waals surface area contributed by atoms with E-state index in [1.807, 2.05) is 0 Å². The molecule has 0 saturated heterocycles. The maximum Gasteiger partial charge on any atom is 0.0468 e. The molecule has 0 saturated carbocycles. The second-order valence-corrected chi connectivity index (χ2v) is 5.63. The Morgan fingerprint density at radius 1 is 0.938 bits per heavy atom. The summed E-state index contributed by atoms with van der Waals surface area (Å²) in [4.78, 5) is 2.25. The van der Waals surface area contributed by atoms with Gasteiger partial charge in [0.25, 0.3) is 0 Å². The van der Waals surface area contributed by atoms with E-state index in [4.69, 9.17) is 4.74 Å². The Kier molecular flexibility index (Phi) is 10.0. The van der Waals surface area contributed by atoms with Crippen molar-refractivity contribution in [1.82, 2.24) is 4.90 Å². The number of nitrogens with zero attached hydrogens (tertiary/aromatic N) is 1. The van der Waals surface area contributed by atoms with Crippen LogP contribution in [0.3, 0.4) is 0 Å². The second-order valence-electron chi connectivity index (χ2n) is 5.63. The first-order chi connectivity index (χ1) is 7.52. The van der Waals surface area contributed by atoms with Gasteiger partial charge in [-0.2, -0.15) is 0 Å². The first-order valence-electron chi connectivity index (χ1n) is 6.74. The minimum atomic E-state index is 0.785. The molecule has 2 nitrogen and oxygen atoms in total. The lowest BCUT2D eigenvalue weighted by atomic mass is 10.0. The monoisotopic (exact) mass is 229 g/mol. The Hall–Kier alpha value is -0.0800. The highest BCUT2D eigenvalue weighted by Crippen LogP contribution is 2.08. The van der Waals surface area contributed by atoms with Gasteiger partial charge in [-0.3, -0.25) is 0 Å². The summed E-state index contributed by atoms with van der Waals surface area (Å²) in [7, 11) is 4.27. The van der Waals surface area contributed by atoms with Gasteiger partial charge in [0.1, 0.15) is 0 Å². The van der Waals surface area contributed by atoms with Gasteiger partial charge >= 0.3 is 0 Å². The van der Waals surface area contributed by atoms with Crippen LogP contribution in [0.1, 0.15) is 46.5 Å².